The summed E-state index contributed by atoms with van der Waals surface area (Å²) in [6.07, 6.45) is 2.09. The number of hydrogen-bond acceptors (Lipinski definition) is 1. The van der Waals surface area contributed by atoms with Crippen molar-refractivity contribution in [2.24, 2.45) is 0 Å². The third-order valence-corrected chi connectivity index (χ3v) is 2.55. The van der Waals surface area contributed by atoms with Gasteiger partial charge in [-0.05, 0) is 31.4 Å². The predicted octanol–water partition coefficient (Wildman–Crippen LogP) is 5.01. The number of fused-ring (bicyclic) bond motifs is 1. The van der Waals surface area contributed by atoms with E-state index in [4.69, 9.17) is 4.74 Å². The van der Waals surface area contributed by atoms with Crippen LogP contribution in [0, 0.1) is 0 Å². The van der Waals surface area contributed by atoms with Gasteiger partial charge in [-0.1, -0.05) is 52.8 Å². The average molecular weight is 236 g/mol. The van der Waals surface area contributed by atoms with E-state index in [2.05, 4.69) is 39.0 Å². The van der Waals surface area contributed by atoms with E-state index in [1.807, 2.05) is 27.7 Å². The van der Waals surface area contributed by atoms with E-state index in [1.165, 1.54) is 11.1 Å². The molecule has 1 nitrogen and oxygen atoms in total. The molecule has 0 bridgehead atoms. The Morgan fingerprint density at radius 1 is 1.12 bits per heavy atom. The van der Waals surface area contributed by atoms with Gasteiger partial charge in [0.15, 0.2) is 0 Å². The van der Waals surface area contributed by atoms with Crippen LogP contribution in [0.3, 0.4) is 0 Å². The summed E-state index contributed by atoms with van der Waals surface area (Å²) >= 11 is 0. The fraction of sp³-hybridized carbons (Fsp3) is 0.625. The van der Waals surface area contributed by atoms with Gasteiger partial charge in [-0.2, -0.15) is 0 Å². The minimum atomic E-state index is -0.00634. The molecular weight excluding hydrogens is 208 g/mol. The van der Waals surface area contributed by atoms with Gasteiger partial charge in [0.05, 0.1) is 0 Å². The summed E-state index contributed by atoms with van der Waals surface area (Å²) in [5.41, 5.74) is 2.69. The van der Waals surface area contributed by atoms with E-state index >= 15 is 0 Å². The van der Waals surface area contributed by atoms with Crippen molar-refractivity contribution in [1.29, 1.82) is 0 Å². The molecule has 0 aromatic heterocycles. The smallest absolute Gasteiger partial charge is 0.126 e. The van der Waals surface area contributed by atoms with Crippen LogP contribution in [0.5, 0.6) is 5.75 Å². The van der Waals surface area contributed by atoms with Crippen LogP contribution in [0.1, 0.15) is 59.6 Å². The highest BCUT2D eigenvalue weighted by molar-refractivity contribution is 5.45. The highest BCUT2D eigenvalue weighted by Gasteiger charge is 2.30. The number of ether oxygens (including phenoxy) is 1. The predicted molar refractivity (Wildman–Crippen MR) is 76.9 cm³/mol. The molecular formula is C16H28O. The molecule has 2 rings (SSSR count). The number of para-hydroxylation sites is 1. The van der Waals surface area contributed by atoms with Crippen molar-refractivity contribution in [3.63, 3.8) is 0 Å². The van der Waals surface area contributed by atoms with Gasteiger partial charge >= 0.3 is 0 Å². The average Bonchev–Trinajstić information content (AvgIpc) is 2.67. The first-order chi connectivity index (χ1) is 8.12. The van der Waals surface area contributed by atoms with E-state index < -0.39 is 0 Å². The summed E-state index contributed by atoms with van der Waals surface area (Å²) < 4.78 is 5.92. The van der Waals surface area contributed by atoms with Crippen molar-refractivity contribution in [2.45, 2.75) is 66.9 Å². The molecule has 0 unspecified atom stereocenters. The second-order valence-electron chi connectivity index (χ2n) is 4.30. The van der Waals surface area contributed by atoms with E-state index in [0.717, 1.165) is 18.6 Å². The Bertz CT molecular complexity index is 326. The lowest BCUT2D eigenvalue weighted by Crippen LogP contribution is -2.24. The quantitative estimate of drug-likeness (QED) is 0.665. The van der Waals surface area contributed by atoms with Crippen LogP contribution >= 0.6 is 0 Å². The molecule has 17 heavy (non-hydrogen) atoms. The van der Waals surface area contributed by atoms with Crippen molar-refractivity contribution < 1.29 is 4.74 Å². The monoisotopic (exact) mass is 236 g/mol. The number of rotatable bonds is 1. The van der Waals surface area contributed by atoms with Gasteiger partial charge in [-0.15, -0.1) is 0 Å². The van der Waals surface area contributed by atoms with Crippen LogP contribution in [-0.2, 0) is 12.8 Å². The van der Waals surface area contributed by atoms with Gasteiger partial charge in [-0.3, -0.25) is 0 Å². The largest absolute Gasteiger partial charge is 0.487 e. The maximum absolute atomic E-state index is 5.92. The Balaban J connectivity index is 0.000000581. The van der Waals surface area contributed by atoms with Crippen LogP contribution in [0.25, 0.3) is 0 Å². The molecule has 1 heteroatoms. The van der Waals surface area contributed by atoms with Crippen LogP contribution in [-0.4, -0.2) is 5.60 Å². The lowest BCUT2D eigenvalue weighted by molar-refractivity contribution is 0.137. The molecule has 1 aliphatic rings. The normalized spacial score (nSPS) is 14.5. The summed E-state index contributed by atoms with van der Waals surface area (Å²) in [7, 11) is 0. The van der Waals surface area contributed by atoms with Crippen molar-refractivity contribution in [1.82, 2.24) is 0 Å². The van der Waals surface area contributed by atoms with Gasteiger partial charge in [0.2, 0.25) is 0 Å². The van der Waals surface area contributed by atoms with E-state index in [-0.39, 0.29) is 5.60 Å². The lowest BCUT2D eigenvalue weighted by Gasteiger charge is -2.17. The van der Waals surface area contributed by atoms with Gasteiger partial charge < -0.3 is 4.74 Å². The number of benzene rings is 1. The zero-order chi connectivity index (χ0) is 13.5. The Kier molecular flexibility index (Phi) is 6.94. The van der Waals surface area contributed by atoms with Crippen molar-refractivity contribution in [3.8, 4) is 5.75 Å². The first-order valence-electron chi connectivity index (χ1n) is 6.92. The molecule has 0 atom stereocenters. The van der Waals surface area contributed by atoms with Gasteiger partial charge in [-0.25, -0.2) is 0 Å². The molecule has 1 heterocycles. The zero-order valence-corrected chi connectivity index (χ0v) is 12.6. The topological polar surface area (TPSA) is 9.23 Å². The molecule has 0 fully saturated rings. The fourth-order valence-electron chi connectivity index (χ4n) is 1.96. The van der Waals surface area contributed by atoms with Crippen LogP contribution < -0.4 is 4.74 Å². The first-order valence-corrected chi connectivity index (χ1v) is 6.92. The van der Waals surface area contributed by atoms with Crippen LogP contribution in [0.15, 0.2) is 18.2 Å². The minimum absolute atomic E-state index is 0.00634. The summed E-state index contributed by atoms with van der Waals surface area (Å²) in [5.74, 6) is 1.13. The highest BCUT2D eigenvalue weighted by atomic mass is 16.5. The van der Waals surface area contributed by atoms with E-state index in [1.54, 1.807) is 0 Å². The molecule has 0 aliphatic carbocycles. The van der Waals surface area contributed by atoms with Crippen molar-refractivity contribution in [3.05, 3.63) is 29.3 Å². The summed E-state index contributed by atoms with van der Waals surface area (Å²) in [6, 6.07) is 6.45. The minimum Gasteiger partial charge on any atom is -0.487 e. The second-order valence-corrected chi connectivity index (χ2v) is 4.30. The molecule has 0 saturated heterocycles. The maximum atomic E-state index is 5.92. The van der Waals surface area contributed by atoms with Crippen molar-refractivity contribution >= 4 is 0 Å². The maximum Gasteiger partial charge on any atom is 0.126 e. The summed E-state index contributed by atoms with van der Waals surface area (Å²) in [6.45, 7) is 14.5. The second kappa shape index (κ2) is 7.37. The van der Waals surface area contributed by atoms with Crippen molar-refractivity contribution in [2.75, 3.05) is 0 Å². The molecule has 0 saturated carbocycles. The van der Waals surface area contributed by atoms with Gasteiger partial charge in [0, 0.05) is 6.42 Å². The van der Waals surface area contributed by atoms with E-state index in [9.17, 15) is 0 Å². The zero-order valence-electron chi connectivity index (χ0n) is 12.6. The Hall–Kier alpha value is -0.980. The van der Waals surface area contributed by atoms with Crippen LogP contribution in [0.4, 0.5) is 0 Å². The standard InChI is InChI=1S/C12H16O.2C2H6/c1-4-9-6-5-7-10-8-12(2,3)13-11(9)10;2*1-2/h5-7H,4,8H2,1-3H3;2*1-2H3. The Morgan fingerprint density at radius 3 is 2.24 bits per heavy atom. The number of hydrogen-bond donors (Lipinski definition) is 0. The fourth-order valence-corrected chi connectivity index (χ4v) is 1.96. The van der Waals surface area contributed by atoms with E-state index in [0.29, 0.717) is 0 Å². The SMILES string of the molecule is CC.CC.CCc1cccc2c1OC(C)(C)C2. The first kappa shape index (κ1) is 16.0. The molecule has 1 aromatic carbocycles. The molecule has 98 valence electrons. The molecule has 0 amide bonds. The Morgan fingerprint density at radius 2 is 1.71 bits per heavy atom. The highest BCUT2D eigenvalue weighted by Crippen LogP contribution is 2.37. The summed E-state index contributed by atoms with van der Waals surface area (Å²) in [5, 5.41) is 0. The molecule has 0 N–H and O–H groups in total. The molecule has 0 radical (unpaired) electrons. The molecule has 1 aliphatic heterocycles. The molecule has 0 spiro atoms. The third-order valence-electron chi connectivity index (χ3n) is 2.55. The third kappa shape index (κ3) is 4.07. The van der Waals surface area contributed by atoms with Gasteiger partial charge in [0.1, 0.15) is 11.4 Å². The Labute approximate surface area is 107 Å². The van der Waals surface area contributed by atoms with Gasteiger partial charge in [0.25, 0.3) is 0 Å². The molecule has 1 aromatic rings. The van der Waals surface area contributed by atoms with Crippen LogP contribution in [0.2, 0.25) is 0 Å². The summed E-state index contributed by atoms with van der Waals surface area (Å²) in [4.78, 5) is 0. The lowest BCUT2D eigenvalue weighted by atomic mass is 10.00. The number of aryl methyl sites for hydroxylation is 1.